The molecular weight excluding hydrogens is 479 g/mol. The fourth-order valence-corrected chi connectivity index (χ4v) is 13.5. The van der Waals surface area contributed by atoms with E-state index in [2.05, 4.69) is 89.8 Å². The van der Waals surface area contributed by atoms with E-state index in [1.807, 2.05) is 42.9 Å². The molecule has 2 aromatic rings. The summed E-state index contributed by atoms with van der Waals surface area (Å²) in [7, 11) is 0. The molecule has 0 N–H and O–H groups in total. The summed E-state index contributed by atoms with van der Waals surface area (Å²) in [4.78, 5) is 0. The zero-order chi connectivity index (χ0) is 22.4. The maximum absolute atomic E-state index is 3.56. The number of hydrogen-bond donors (Lipinski definition) is 0. The van der Waals surface area contributed by atoms with E-state index in [-0.39, 0.29) is 0 Å². The van der Waals surface area contributed by atoms with E-state index < -0.39 is 19.8 Å². The van der Waals surface area contributed by atoms with Crippen LogP contribution in [0.5, 0.6) is 0 Å². The normalized spacial score (nSPS) is 13.7. The Bertz CT molecular complexity index is 1030. The second-order valence-electron chi connectivity index (χ2n) is 8.35. The Kier molecular flexibility index (Phi) is 8.07. The first-order valence-corrected chi connectivity index (χ1v) is 15.2. The Morgan fingerprint density at radius 3 is 1.45 bits per heavy atom. The van der Waals surface area contributed by atoms with E-state index in [1.54, 1.807) is 7.16 Å². The molecule has 0 saturated carbocycles. The molecule has 31 heavy (non-hydrogen) atoms. The molecular formula is C30H32Sn-. The van der Waals surface area contributed by atoms with Gasteiger partial charge in [0.1, 0.15) is 0 Å². The molecule has 0 amide bonds. The van der Waals surface area contributed by atoms with Gasteiger partial charge in [-0.25, -0.2) is 0 Å². The van der Waals surface area contributed by atoms with E-state index in [9.17, 15) is 0 Å². The van der Waals surface area contributed by atoms with Crippen LogP contribution in [0.2, 0.25) is 0 Å². The molecule has 2 aliphatic carbocycles. The summed E-state index contributed by atoms with van der Waals surface area (Å²) in [5.41, 5.74) is 12.1. The number of hydrogen-bond acceptors (Lipinski definition) is 0. The Labute approximate surface area is 195 Å². The van der Waals surface area contributed by atoms with Crippen LogP contribution in [0.15, 0.2) is 88.3 Å². The van der Waals surface area contributed by atoms with E-state index in [4.69, 9.17) is 0 Å². The van der Waals surface area contributed by atoms with Crippen LogP contribution in [0.3, 0.4) is 0 Å². The summed E-state index contributed by atoms with van der Waals surface area (Å²) in [5, 5.41) is 0. The molecule has 0 unspecified atom stereocenters. The van der Waals surface area contributed by atoms with Gasteiger partial charge >= 0.3 is 154 Å². The third-order valence-corrected chi connectivity index (χ3v) is 15.3. The number of allylic oxidation sites excluding steroid dienone is 9. The molecule has 0 nitrogen and oxygen atoms in total. The second kappa shape index (κ2) is 10.8. The number of benzene rings is 2. The topological polar surface area (TPSA) is 0 Å². The number of aryl methyl sites for hydroxylation is 6. The van der Waals surface area contributed by atoms with Gasteiger partial charge in [0.2, 0.25) is 0 Å². The Balaban J connectivity index is 0.000000330. The van der Waals surface area contributed by atoms with Gasteiger partial charge in [0.05, 0.1) is 0 Å². The minimum absolute atomic E-state index is 1.36. The number of rotatable bonds is 3. The summed E-state index contributed by atoms with van der Waals surface area (Å²) in [6.45, 7) is 13.6. The van der Waals surface area contributed by atoms with Gasteiger partial charge in [0, 0.05) is 0 Å². The van der Waals surface area contributed by atoms with Crippen molar-refractivity contribution in [2.45, 2.75) is 41.5 Å². The maximum atomic E-state index is 3.56. The van der Waals surface area contributed by atoms with Crippen LogP contribution in [-0.4, -0.2) is 19.8 Å². The predicted molar refractivity (Wildman–Crippen MR) is 139 cm³/mol. The van der Waals surface area contributed by atoms with Gasteiger partial charge in [-0.3, -0.25) is 0 Å². The van der Waals surface area contributed by atoms with E-state index in [0.717, 1.165) is 0 Å². The summed E-state index contributed by atoms with van der Waals surface area (Å²) in [5.74, 6) is 0. The first kappa shape index (κ1) is 23.3. The molecule has 2 aliphatic rings. The van der Waals surface area contributed by atoms with Crippen molar-refractivity contribution in [2.24, 2.45) is 0 Å². The molecule has 4 rings (SSSR count). The molecule has 0 heterocycles. The van der Waals surface area contributed by atoms with Gasteiger partial charge in [-0.15, -0.1) is 12.2 Å². The molecule has 0 bridgehead atoms. The monoisotopic (exact) mass is 512 g/mol. The van der Waals surface area contributed by atoms with Gasteiger partial charge in [0.25, 0.3) is 0 Å². The standard InChI is InChI=1S/2C9H11.C7H7.C5H3.Sn/c2*1-7-4-8(2)6-9(3)5-7;1-2-4-6-7-5-3-1;1-2-4-5-3-1;/h2*4-5H,1-3H3;1-7H;1-3H;/q;;-1;;. The van der Waals surface area contributed by atoms with E-state index >= 15 is 0 Å². The molecule has 0 fully saturated rings. The Morgan fingerprint density at radius 1 is 0.613 bits per heavy atom. The third kappa shape index (κ3) is 5.85. The zero-order valence-electron chi connectivity index (χ0n) is 19.6. The summed E-state index contributed by atoms with van der Waals surface area (Å²) >= 11 is -2.25. The van der Waals surface area contributed by atoms with Crippen molar-refractivity contribution in [1.29, 1.82) is 0 Å². The molecule has 0 atom stereocenters. The Morgan fingerprint density at radius 2 is 1.06 bits per heavy atom. The van der Waals surface area contributed by atoms with Gasteiger partial charge in [-0.05, 0) is 0 Å². The average Bonchev–Trinajstić information content (AvgIpc) is 3.04. The van der Waals surface area contributed by atoms with Crippen LogP contribution in [0.1, 0.15) is 33.4 Å². The predicted octanol–water partition coefficient (Wildman–Crippen LogP) is 6.21. The van der Waals surface area contributed by atoms with Crippen LogP contribution in [0, 0.1) is 48.0 Å². The van der Waals surface area contributed by atoms with Gasteiger partial charge in [-0.2, -0.15) is 30.7 Å². The van der Waals surface area contributed by atoms with Crippen LogP contribution < -0.4 is 7.16 Å². The van der Waals surface area contributed by atoms with E-state index in [0.29, 0.717) is 0 Å². The van der Waals surface area contributed by atoms with Crippen molar-refractivity contribution < 1.29 is 0 Å². The molecule has 0 saturated heterocycles. The fraction of sp³-hybridized carbons (Fsp3) is 0.200. The SMILES string of the molecule is C1=CC=C[CH-]C=C1.Cc1cc(C)[c]([Sn]([C]2=C=CC=C2)[c]2c(C)cc(C)cc2C)c(C)c1. The van der Waals surface area contributed by atoms with Crippen molar-refractivity contribution in [3.8, 4) is 0 Å². The van der Waals surface area contributed by atoms with E-state index in [1.165, 1.54) is 37.0 Å². The summed E-state index contributed by atoms with van der Waals surface area (Å²) in [6, 6.07) is 9.41. The molecule has 0 spiro atoms. The molecule has 157 valence electrons. The van der Waals surface area contributed by atoms with Crippen LogP contribution >= 0.6 is 0 Å². The molecule has 1 radical (unpaired) electrons. The minimum atomic E-state index is -2.25. The molecule has 0 aliphatic heterocycles. The Hall–Kier alpha value is -2.41. The fourth-order valence-electron chi connectivity index (χ4n) is 4.48. The molecule has 1 heteroatoms. The first-order chi connectivity index (χ1) is 14.9. The zero-order valence-corrected chi connectivity index (χ0v) is 22.4. The third-order valence-electron chi connectivity index (χ3n) is 5.50. The first-order valence-electron chi connectivity index (χ1n) is 10.9. The van der Waals surface area contributed by atoms with Crippen molar-refractivity contribution in [3.63, 3.8) is 0 Å². The molecule has 2 aromatic carbocycles. The second-order valence-corrected chi connectivity index (χ2v) is 14.9. The quantitative estimate of drug-likeness (QED) is 0.261. The van der Waals surface area contributed by atoms with Gasteiger partial charge < -0.3 is 0 Å². The van der Waals surface area contributed by atoms with Gasteiger partial charge in [0.15, 0.2) is 0 Å². The van der Waals surface area contributed by atoms with Crippen molar-refractivity contribution in [2.75, 3.05) is 0 Å². The molecule has 0 aromatic heterocycles. The van der Waals surface area contributed by atoms with Crippen molar-refractivity contribution in [1.82, 2.24) is 0 Å². The average molecular weight is 511 g/mol. The summed E-state index contributed by atoms with van der Waals surface area (Å²) in [6.07, 6.45) is 20.5. The van der Waals surface area contributed by atoms with Crippen molar-refractivity contribution >= 4 is 26.9 Å². The summed E-state index contributed by atoms with van der Waals surface area (Å²) < 4.78 is 4.71. The van der Waals surface area contributed by atoms with Gasteiger partial charge in [-0.1, -0.05) is 0 Å². The van der Waals surface area contributed by atoms with Crippen molar-refractivity contribution in [3.05, 3.63) is 128 Å². The van der Waals surface area contributed by atoms with Crippen LogP contribution in [0.4, 0.5) is 0 Å². The van der Waals surface area contributed by atoms with Crippen LogP contribution in [0.25, 0.3) is 0 Å². The van der Waals surface area contributed by atoms with Crippen LogP contribution in [-0.2, 0) is 0 Å².